The summed E-state index contributed by atoms with van der Waals surface area (Å²) in [5.41, 5.74) is 1.62. The quantitative estimate of drug-likeness (QED) is 0.832. The topological polar surface area (TPSA) is 59.0 Å². The maximum Gasteiger partial charge on any atom is 0.326 e. The van der Waals surface area contributed by atoms with Crippen molar-refractivity contribution < 1.29 is 4.74 Å². The number of nitrogens with zero attached hydrogens (tertiary/aromatic N) is 1. The number of imidazole rings is 1. The summed E-state index contributed by atoms with van der Waals surface area (Å²) in [4.78, 5) is 14.3. The lowest BCUT2D eigenvalue weighted by Gasteiger charge is -2.23. The van der Waals surface area contributed by atoms with Gasteiger partial charge in [0, 0.05) is 19.7 Å². The van der Waals surface area contributed by atoms with Gasteiger partial charge in [0.05, 0.1) is 11.0 Å². The number of fused-ring (bicyclic) bond motifs is 1. The summed E-state index contributed by atoms with van der Waals surface area (Å²) in [7, 11) is 1.76. The predicted molar refractivity (Wildman–Crippen MR) is 70.1 cm³/mol. The largest absolute Gasteiger partial charge is 0.489 e. The fraction of sp³-hybridized carbons (Fsp3) is 0.462. The molecule has 2 heterocycles. The molecule has 0 saturated carbocycles. The Morgan fingerprint density at radius 2 is 2.33 bits per heavy atom. The zero-order valence-corrected chi connectivity index (χ0v) is 10.4. The third-order valence-corrected chi connectivity index (χ3v) is 3.43. The summed E-state index contributed by atoms with van der Waals surface area (Å²) in [6.07, 6.45) is 2.46. The van der Waals surface area contributed by atoms with E-state index in [-0.39, 0.29) is 11.8 Å². The lowest BCUT2D eigenvalue weighted by Crippen LogP contribution is -2.37. The number of hydrogen-bond acceptors (Lipinski definition) is 3. The molecule has 18 heavy (non-hydrogen) atoms. The Hall–Kier alpha value is -1.75. The molecule has 3 rings (SSSR count). The van der Waals surface area contributed by atoms with Crippen molar-refractivity contribution in [1.82, 2.24) is 14.9 Å². The van der Waals surface area contributed by atoms with Crippen LogP contribution in [0.4, 0.5) is 0 Å². The maximum absolute atomic E-state index is 11.5. The number of aromatic amines is 1. The van der Waals surface area contributed by atoms with Crippen molar-refractivity contribution in [3.8, 4) is 5.75 Å². The highest BCUT2D eigenvalue weighted by Gasteiger charge is 2.14. The van der Waals surface area contributed by atoms with Crippen LogP contribution < -0.4 is 15.7 Å². The van der Waals surface area contributed by atoms with Gasteiger partial charge in [-0.2, -0.15) is 0 Å². The predicted octanol–water partition coefficient (Wildman–Crippen LogP) is 0.997. The first-order valence-corrected chi connectivity index (χ1v) is 6.30. The van der Waals surface area contributed by atoms with E-state index in [0.717, 1.165) is 42.7 Å². The highest BCUT2D eigenvalue weighted by atomic mass is 16.5. The number of H-pyrrole nitrogens is 1. The number of nitrogens with one attached hydrogen (secondary N) is 2. The van der Waals surface area contributed by atoms with Gasteiger partial charge in [0.2, 0.25) is 0 Å². The minimum Gasteiger partial charge on any atom is -0.489 e. The van der Waals surface area contributed by atoms with E-state index in [2.05, 4.69) is 10.3 Å². The SMILES string of the molecule is Cn1c(=O)[nH]c2cc(O[C@H]3CCCNC3)ccc21. The summed E-state index contributed by atoms with van der Waals surface area (Å²) in [6, 6.07) is 5.73. The first kappa shape index (κ1) is 11.3. The van der Waals surface area contributed by atoms with E-state index in [9.17, 15) is 4.79 Å². The highest BCUT2D eigenvalue weighted by Crippen LogP contribution is 2.20. The van der Waals surface area contributed by atoms with Gasteiger partial charge in [-0.1, -0.05) is 0 Å². The van der Waals surface area contributed by atoms with Crippen LogP contribution in [0.25, 0.3) is 11.0 Å². The molecule has 1 aliphatic heterocycles. The second-order valence-electron chi connectivity index (χ2n) is 4.75. The minimum absolute atomic E-state index is 0.0958. The van der Waals surface area contributed by atoms with E-state index in [1.54, 1.807) is 11.6 Å². The molecule has 0 spiro atoms. The molecule has 2 N–H and O–H groups in total. The van der Waals surface area contributed by atoms with Crippen molar-refractivity contribution in [2.45, 2.75) is 18.9 Å². The van der Waals surface area contributed by atoms with Gasteiger partial charge in [-0.15, -0.1) is 0 Å². The van der Waals surface area contributed by atoms with Crippen LogP contribution >= 0.6 is 0 Å². The molecule has 1 aliphatic rings. The molecule has 2 aromatic rings. The zero-order chi connectivity index (χ0) is 12.5. The van der Waals surface area contributed by atoms with E-state index < -0.39 is 0 Å². The molecule has 1 aromatic carbocycles. The molecule has 0 amide bonds. The number of aryl methyl sites for hydroxylation is 1. The lowest BCUT2D eigenvalue weighted by atomic mass is 10.1. The van der Waals surface area contributed by atoms with Crippen LogP contribution in [-0.2, 0) is 7.05 Å². The van der Waals surface area contributed by atoms with Crippen molar-refractivity contribution in [1.29, 1.82) is 0 Å². The van der Waals surface area contributed by atoms with Crippen LogP contribution in [0.2, 0.25) is 0 Å². The number of rotatable bonds is 2. The molecule has 0 radical (unpaired) electrons. The Morgan fingerprint density at radius 3 is 3.11 bits per heavy atom. The molecular formula is C13H17N3O2. The summed E-state index contributed by atoms with van der Waals surface area (Å²) in [5.74, 6) is 0.818. The number of ether oxygens (including phenoxy) is 1. The number of benzene rings is 1. The Kier molecular flexibility index (Phi) is 2.83. The Balaban J connectivity index is 1.86. The molecule has 0 unspecified atom stereocenters. The van der Waals surface area contributed by atoms with Crippen LogP contribution in [0.5, 0.6) is 5.75 Å². The van der Waals surface area contributed by atoms with Crippen LogP contribution in [0, 0.1) is 0 Å². The van der Waals surface area contributed by atoms with Gasteiger partial charge in [-0.3, -0.25) is 4.57 Å². The first-order chi connectivity index (χ1) is 8.74. The normalized spacial score (nSPS) is 20.2. The molecule has 0 bridgehead atoms. The van der Waals surface area contributed by atoms with E-state index in [1.165, 1.54) is 0 Å². The molecule has 1 aromatic heterocycles. The number of hydrogen-bond donors (Lipinski definition) is 2. The molecule has 5 nitrogen and oxygen atoms in total. The van der Waals surface area contributed by atoms with E-state index in [1.807, 2.05) is 18.2 Å². The summed E-state index contributed by atoms with van der Waals surface area (Å²) in [6.45, 7) is 1.97. The average Bonchev–Trinajstić information content (AvgIpc) is 2.66. The summed E-state index contributed by atoms with van der Waals surface area (Å²) < 4.78 is 7.52. The van der Waals surface area contributed by atoms with Crippen LogP contribution in [0.15, 0.2) is 23.0 Å². The summed E-state index contributed by atoms with van der Waals surface area (Å²) in [5, 5.41) is 3.32. The third-order valence-electron chi connectivity index (χ3n) is 3.43. The van der Waals surface area contributed by atoms with Crippen molar-refractivity contribution >= 4 is 11.0 Å². The van der Waals surface area contributed by atoms with Gasteiger partial charge in [-0.05, 0) is 31.5 Å². The Morgan fingerprint density at radius 1 is 1.44 bits per heavy atom. The molecule has 1 atom stereocenters. The molecule has 5 heteroatoms. The van der Waals surface area contributed by atoms with E-state index >= 15 is 0 Å². The average molecular weight is 247 g/mol. The highest BCUT2D eigenvalue weighted by molar-refractivity contribution is 5.76. The van der Waals surface area contributed by atoms with E-state index in [4.69, 9.17) is 4.74 Å². The van der Waals surface area contributed by atoms with E-state index in [0.29, 0.717) is 0 Å². The molecule has 96 valence electrons. The third kappa shape index (κ3) is 2.01. The van der Waals surface area contributed by atoms with Crippen molar-refractivity contribution in [2.24, 2.45) is 7.05 Å². The zero-order valence-electron chi connectivity index (χ0n) is 10.4. The standard InChI is InChI=1S/C13H17N3O2/c1-16-12-5-4-9(7-11(12)15-13(16)17)18-10-3-2-6-14-8-10/h4-5,7,10,14H,2-3,6,8H2,1H3,(H,15,17)/t10-/m0/s1. The van der Waals surface area contributed by atoms with Gasteiger partial charge in [0.15, 0.2) is 0 Å². The van der Waals surface area contributed by atoms with Crippen molar-refractivity contribution in [3.63, 3.8) is 0 Å². The second kappa shape index (κ2) is 4.49. The lowest BCUT2D eigenvalue weighted by molar-refractivity contribution is 0.167. The van der Waals surface area contributed by atoms with Gasteiger partial charge < -0.3 is 15.0 Å². The Labute approximate surface area is 105 Å². The van der Waals surface area contributed by atoms with Gasteiger partial charge >= 0.3 is 5.69 Å². The number of aromatic nitrogens is 2. The minimum atomic E-state index is -0.0958. The monoisotopic (exact) mass is 247 g/mol. The van der Waals surface area contributed by atoms with Crippen LogP contribution in [0.1, 0.15) is 12.8 Å². The van der Waals surface area contributed by atoms with Crippen LogP contribution in [0.3, 0.4) is 0 Å². The fourth-order valence-electron chi connectivity index (χ4n) is 2.40. The number of piperidine rings is 1. The molecular weight excluding hydrogens is 230 g/mol. The fourth-order valence-corrected chi connectivity index (χ4v) is 2.40. The van der Waals surface area contributed by atoms with Crippen molar-refractivity contribution in [2.75, 3.05) is 13.1 Å². The molecule has 1 saturated heterocycles. The van der Waals surface area contributed by atoms with Gasteiger partial charge in [0.1, 0.15) is 11.9 Å². The maximum atomic E-state index is 11.5. The van der Waals surface area contributed by atoms with Gasteiger partial charge in [-0.25, -0.2) is 4.79 Å². The second-order valence-corrected chi connectivity index (χ2v) is 4.75. The summed E-state index contributed by atoms with van der Waals surface area (Å²) >= 11 is 0. The molecule has 0 aliphatic carbocycles. The first-order valence-electron chi connectivity index (χ1n) is 6.30. The van der Waals surface area contributed by atoms with Crippen LogP contribution in [-0.4, -0.2) is 28.7 Å². The van der Waals surface area contributed by atoms with Gasteiger partial charge in [0.25, 0.3) is 0 Å². The molecule has 1 fully saturated rings. The van der Waals surface area contributed by atoms with Crippen molar-refractivity contribution in [3.05, 3.63) is 28.7 Å². The smallest absolute Gasteiger partial charge is 0.326 e. The Bertz CT molecular complexity index is 608.